The Morgan fingerprint density at radius 2 is 1.68 bits per heavy atom. The summed E-state index contributed by atoms with van der Waals surface area (Å²) < 4.78 is 5.46. The number of benzene rings is 2. The molecule has 0 aromatic heterocycles. The molecule has 31 heavy (non-hydrogen) atoms. The molecule has 0 saturated heterocycles. The van der Waals surface area contributed by atoms with Crippen LogP contribution in [-0.4, -0.2) is 53.8 Å². The number of carbonyl (C=O) groups excluding carboxylic acids is 2. The second kappa shape index (κ2) is 10.9. The normalized spacial score (nSPS) is 13.1. The van der Waals surface area contributed by atoms with Crippen molar-refractivity contribution in [2.45, 2.75) is 25.3 Å². The van der Waals surface area contributed by atoms with Crippen LogP contribution in [0.25, 0.3) is 11.1 Å². The molecule has 3 rings (SSSR count). The number of nitrogens with one attached hydrogen (secondary N) is 2. The molecule has 2 amide bonds. The molecule has 0 radical (unpaired) electrons. The number of fused-ring (bicyclic) bond motifs is 3. The maximum Gasteiger partial charge on any atom is 0.407 e. The van der Waals surface area contributed by atoms with Gasteiger partial charge in [-0.2, -0.15) is 11.8 Å². The van der Waals surface area contributed by atoms with Gasteiger partial charge >= 0.3 is 12.1 Å². The first-order valence-electron chi connectivity index (χ1n) is 10.1. The molecule has 1 aliphatic carbocycles. The number of aliphatic carboxylic acids is 1. The van der Waals surface area contributed by atoms with Gasteiger partial charge in [-0.05, 0) is 29.2 Å². The topological polar surface area (TPSA) is 105 Å². The lowest BCUT2D eigenvalue weighted by Crippen LogP contribution is -2.35. The predicted molar refractivity (Wildman–Crippen MR) is 120 cm³/mol. The third-order valence-electron chi connectivity index (χ3n) is 4.98. The first-order valence-corrected chi connectivity index (χ1v) is 11.3. The third kappa shape index (κ3) is 6.24. The van der Waals surface area contributed by atoms with Crippen molar-refractivity contribution in [1.82, 2.24) is 10.6 Å². The van der Waals surface area contributed by atoms with Crippen molar-refractivity contribution in [3.63, 3.8) is 0 Å². The zero-order chi connectivity index (χ0) is 22.2. The van der Waals surface area contributed by atoms with Crippen molar-refractivity contribution < 1.29 is 24.2 Å². The van der Waals surface area contributed by atoms with E-state index in [-0.39, 0.29) is 30.6 Å². The smallest absolute Gasteiger partial charge is 0.407 e. The van der Waals surface area contributed by atoms with Crippen LogP contribution in [0.15, 0.2) is 48.5 Å². The quantitative estimate of drug-likeness (QED) is 0.488. The molecule has 1 atom stereocenters. The Morgan fingerprint density at radius 3 is 2.29 bits per heavy atom. The summed E-state index contributed by atoms with van der Waals surface area (Å²) in [6, 6.07) is 15.9. The lowest BCUT2D eigenvalue weighted by atomic mass is 9.98. The summed E-state index contributed by atoms with van der Waals surface area (Å²) in [6.07, 6.45) is -0.596. The van der Waals surface area contributed by atoms with Gasteiger partial charge < -0.3 is 20.5 Å². The summed E-state index contributed by atoms with van der Waals surface area (Å²) in [5.74, 6) is -0.405. The Morgan fingerprint density at radius 1 is 1.06 bits per heavy atom. The number of ether oxygens (including phenoxy) is 1. The van der Waals surface area contributed by atoms with Gasteiger partial charge in [0.1, 0.15) is 6.61 Å². The van der Waals surface area contributed by atoms with Crippen molar-refractivity contribution in [3.8, 4) is 11.1 Å². The molecule has 7 nitrogen and oxygen atoms in total. The maximum absolute atomic E-state index is 12.1. The highest BCUT2D eigenvalue weighted by molar-refractivity contribution is 7.99. The van der Waals surface area contributed by atoms with Crippen molar-refractivity contribution >= 4 is 29.7 Å². The average molecular weight is 443 g/mol. The zero-order valence-electron chi connectivity index (χ0n) is 17.3. The van der Waals surface area contributed by atoms with E-state index in [2.05, 4.69) is 34.9 Å². The fraction of sp³-hybridized carbons (Fsp3) is 0.348. The molecule has 0 fully saturated rings. The van der Waals surface area contributed by atoms with Gasteiger partial charge in [0.05, 0.1) is 12.2 Å². The minimum absolute atomic E-state index is 0.0176. The van der Waals surface area contributed by atoms with Gasteiger partial charge in [0.15, 0.2) is 0 Å². The SMILES string of the molecule is C[C@H](CC(=O)O)NC(=O)CSCCNC(=O)OCC1c2ccccc2-c2ccccc21. The third-order valence-corrected chi connectivity index (χ3v) is 5.94. The predicted octanol–water partition coefficient (Wildman–Crippen LogP) is 3.24. The Balaban J connectivity index is 1.37. The standard InChI is InChI=1S/C23H26N2O5S/c1-15(12-22(27)28)25-21(26)14-31-11-10-24-23(29)30-13-20-18-8-4-2-6-16(18)17-7-3-5-9-19(17)20/h2-9,15,20H,10-14H2,1H3,(H,24,29)(H,25,26)(H,27,28)/t15-/m1/s1. The molecule has 2 aromatic carbocycles. The van der Waals surface area contributed by atoms with Crippen molar-refractivity contribution in [3.05, 3.63) is 59.7 Å². The van der Waals surface area contributed by atoms with E-state index < -0.39 is 18.1 Å². The lowest BCUT2D eigenvalue weighted by Gasteiger charge is -2.14. The number of rotatable bonds is 10. The summed E-state index contributed by atoms with van der Waals surface area (Å²) in [4.78, 5) is 34.4. The van der Waals surface area contributed by atoms with Crippen LogP contribution in [0, 0.1) is 0 Å². The molecule has 0 heterocycles. The maximum atomic E-state index is 12.1. The van der Waals surface area contributed by atoms with Gasteiger partial charge in [-0.3, -0.25) is 9.59 Å². The van der Waals surface area contributed by atoms with E-state index in [1.165, 1.54) is 22.9 Å². The van der Waals surface area contributed by atoms with E-state index in [4.69, 9.17) is 9.84 Å². The number of alkyl carbamates (subject to hydrolysis) is 1. The minimum Gasteiger partial charge on any atom is -0.481 e. The van der Waals surface area contributed by atoms with Gasteiger partial charge in [0.2, 0.25) is 5.91 Å². The molecule has 164 valence electrons. The summed E-state index contributed by atoms with van der Waals surface area (Å²) in [7, 11) is 0. The van der Waals surface area contributed by atoms with Gasteiger partial charge in [-0.25, -0.2) is 4.79 Å². The molecule has 0 spiro atoms. The van der Waals surface area contributed by atoms with Crippen LogP contribution in [0.3, 0.4) is 0 Å². The number of hydrogen-bond donors (Lipinski definition) is 3. The molecule has 0 unspecified atom stereocenters. The van der Waals surface area contributed by atoms with E-state index >= 15 is 0 Å². The highest BCUT2D eigenvalue weighted by Crippen LogP contribution is 2.44. The van der Waals surface area contributed by atoms with E-state index in [1.54, 1.807) is 6.92 Å². The van der Waals surface area contributed by atoms with Gasteiger partial charge in [-0.15, -0.1) is 0 Å². The second-order valence-corrected chi connectivity index (χ2v) is 8.48. The largest absolute Gasteiger partial charge is 0.481 e. The van der Waals surface area contributed by atoms with Gasteiger partial charge in [0, 0.05) is 24.3 Å². The van der Waals surface area contributed by atoms with Crippen molar-refractivity contribution in [2.24, 2.45) is 0 Å². The molecule has 2 aromatic rings. The molecule has 8 heteroatoms. The molecular formula is C23H26N2O5S. The van der Waals surface area contributed by atoms with Crippen LogP contribution in [-0.2, 0) is 14.3 Å². The number of carboxylic acid groups (broad SMARTS) is 1. The highest BCUT2D eigenvalue weighted by Gasteiger charge is 2.28. The summed E-state index contributed by atoms with van der Waals surface area (Å²) >= 11 is 1.36. The number of carbonyl (C=O) groups is 3. The zero-order valence-corrected chi connectivity index (χ0v) is 18.1. The Hall–Kier alpha value is -3.00. The fourth-order valence-corrected chi connectivity index (χ4v) is 4.33. The Bertz CT molecular complexity index is 904. The number of hydrogen-bond acceptors (Lipinski definition) is 5. The minimum atomic E-state index is -0.951. The number of amides is 2. The Kier molecular flexibility index (Phi) is 7.94. The van der Waals surface area contributed by atoms with Crippen LogP contribution in [0.1, 0.15) is 30.4 Å². The Labute approximate surface area is 185 Å². The highest BCUT2D eigenvalue weighted by atomic mass is 32.2. The molecule has 1 aliphatic rings. The summed E-state index contributed by atoms with van der Waals surface area (Å²) in [5.41, 5.74) is 4.68. The lowest BCUT2D eigenvalue weighted by molar-refractivity contribution is -0.137. The molecule has 0 bridgehead atoms. The van der Waals surface area contributed by atoms with Crippen LogP contribution in [0.5, 0.6) is 0 Å². The molecular weight excluding hydrogens is 416 g/mol. The van der Waals surface area contributed by atoms with E-state index in [1.807, 2.05) is 24.3 Å². The fourth-order valence-electron chi connectivity index (χ4n) is 3.67. The van der Waals surface area contributed by atoms with Crippen LogP contribution < -0.4 is 10.6 Å². The van der Waals surface area contributed by atoms with Gasteiger partial charge in [0.25, 0.3) is 0 Å². The van der Waals surface area contributed by atoms with Crippen molar-refractivity contribution in [2.75, 3.05) is 24.7 Å². The van der Waals surface area contributed by atoms with E-state index in [9.17, 15) is 14.4 Å². The number of carboxylic acids is 1. The van der Waals surface area contributed by atoms with Crippen LogP contribution in [0.2, 0.25) is 0 Å². The average Bonchev–Trinajstić information content (AvgIpc) is 3.05. The van der Waals surface area contributed by atoms with Crippen molar-refractivity contribution in [1.29, 1.82) is 0 Å². The first-order chi connectivity index (χ1) is 15.0. The van der Waals surface area contributed by atoms with E-state index in [0.29, 0.717) is 12.3 Å². The second-order valence-electron chi connectivity index (χ2n) is 7.37. The monoisotopic (exact) mass is 442 g/mol. The molecule has 0 aliphatic heterocycles. The van der Waals surface area contributed by atoms with Crippen LogP contribution >= 0.6 is 11.8 Å². The molecule has 3 N–H and O–H groups in total. The molecule has 0 saturated carbocycles. The number of thioether (sulfide) groups is 1. The summed E-state index contributed by atoms with van der Waals surface area (Å²) in [6.45, 7) is 2.28. The summed E-state index contributed by atoms with van der Waals surface area (Å²) in [5, 5.41) is 14.0. The van der Waals surface area contributed by atoms with E-state index in [0.717, 1.165) is 11.1 Å². The van der Waals surface area contributed by atoms with Crippen LogP contribution in [0.4, 0.5) is 4.79 Å². The van der Waals surface area contributed by atoms with Gasteiger partial charge in [-0.1, -0.05) is 48.5 Å². The first kappa shape index (κ1) is 22.7.